The van der Waals surface area contributed by atoms with Crippen LogP contribution in [0.4, 0.5) is 23.2 Å². The fraction of sp³-hybridized carbons (Fsp3) is 0.462. The van der Waals surface area contributed by atoms with Crippen LogP contribution in [0.25, 0.3) is 0 Å². The molecule has 0 aromatic heterocycles. The lowest BCUT2D eigenvalue weighted by Crippen LogP contribution is -2.34. The Morgan fingerprint density at radius 2 is 2.00 bits per heavy atom. The minimum Gasteiger partial charge on any atom is -0.322 e. The van der Waals surface area contributed by atoms with Gasteiger partial charge in [0, 0.05) is 6.04 Å². The average Bonchev–Trinajstić information content (AvgIpc) is 2.37. The fourth-order valence-corrected chi connectivity index (χ4v) is 1.40. The van der Waals surface area contributed by atoms with E-state index in [4.69, 9.17) is 0 Å². The molecule has 0 aliphatic heterocycles. The molecule has 0 aliphatic rings. The number of carbonyl (C=O) groups is 1. The molecule has 0 bridgehead atoms. The first-order valence-electron chi connectivity index (χ1n) is 6.14. The summed E-state index contributed by atoms with van der Waals surface area (Å²) >= 11 is 0. The predicted molar refractivity (Wildman–Crippen MR) is 67.8 cm³/mol. The van der Waals surface area contributed by atoms with Crippen molar-refractivity contribution in [2.24, 2.45) is 0 Å². The van der Waals surface area contributed by atoms with Crippen LogP contribution in [0.2, 0.25) is 0 Å². The minimum atomic E-state index is -4.58. The maximum Gasteiger partial charge on any atom is 0.416 e. The van der Waals surface area contributed by atoms with Crippen molar-refractivity contribution in [3.63, 3.8) is 0 Å². The lowest BCUT2D eigenvalue weighted by atomic mass is 10.2. The van der Waals surface area contributed by atoms with Crippen molar-refractivity contribution in [2.75, 3.05) is 11.9 Å². The molecule has 1 amide bonds. The Morgan fingerprint density at radius 1 is 1.35 bits per heavy atom. The SMILES string of the molecule is CCC(C)NCC(=O)Nc1cc(C(F)(F)F)ccc1F. The zero-order valence-electron chi connectivity index (χ0n) is 11.1. The summed E-state index contributed by atoms with van der Waals surface area (Å²) in [6.45, 7) is 3.69. The first kappa shape index (κ1) is 16.4. The first-order valence-corrected chi connectivity index (χ1v) is 6.14. The van der Waals surface area contributed by atoms with E-state index in [1.807, 2.05) is 13.8 Å². The molecular weight excluding hydrogens is 276 g/mol. The number of nitrogens with one attached hydrogen (secondary N) is 2. The number of halogens is 4. The van der Waals surface area contributed by atoms with Crippen molar-refractivity contribution in [3.05, 3.63) is 29.6 Å². The van der Waals surface area contributed by atoms with E-state index in [2.05, 4.69) is 10.6 Å². The summed E-state index contributed by atoms with van der Waals surface area (Å²) in [4.78, 5) is 11.5. The van der Waals surface area contributed by atoms with Gasteiger partial charge >= 0.3 is 6.18 Å². The van der Waals surface area contributed by atoms with Crippen LogP contribution in [0.15, 0.2) is 18.2 Å². The molecule has 7 heteroatoms. The number of alkyl halides is 3. The molecule has 20 heavy (non-hydrogen) atoms. The third-order valence-electron chi connectivity index (χ3n) is 2.79. The number of hydrogen-bond donors (Lipinski definition) is 2. The van der Waals surface area contributed by atoms with Gasteiger partial charge in [-0.05, 0) is 31.5 Å². The molecule has 1 atom stereocenters. The Bertz CT molecular complexity index is 474. The Labute approximate surface area is 114 Å². The lowest BCUT2D eigenvalue weighted by Gasteiger charge is -2.13. The van der Waals surface area contributed by atoms with E-state index in [1.165, 1.54) is 0 Å². The van der Waals surface area contributed by atoms with Crippen LogP contribution >= 0.6 is 0 Å². The molecule has 1 unspecified atom stereocenters. The normalized spacial score (nSPS) is 13.1. The van der Waals surface area contributed by atoms with Crippen molar-refractivity contribution in [1.29, 1.82) is 0 Å². The number of benzene rings is 1. The second-order valence-electron chi connectivity index (χ2n) is 4.43. The molecule has 0 fully saturated rings. The van der Waals surface area contributed by atoms with Crippen molar-refractivity contribution in [2.45, 2.75) is 32.5 Å². The Hall–Kier alpha value is -1.63. The molecule has 0 aliphatic carbocycles. The summed E-state index contributed by atoms with van der Waals surface area (Å²) in [5.74, 6) is -1.50. The zero-order valence-corrected chi connectivity index (χ0v) is 11.1. The average molecular weight is 292 g/mol. The molecular formula is C13H16F4N2O. The summed E-state index contributed by atoms with van der Waals surface area (Å²) in [5.41, 5.74) is -1.49. The van der Waals surface area contributed by atoms with Crippen LogP contribution < -0.4 is 10.6 Å². The van der Waals surface area contributed by atoms with Gasteiger partial charge in [-0.2, -0.15) is 13.2 Å². The van der Waals surface area contributed by atoms with Crippen molar-refractivity contribution in [1.82, 2.24) is 5.32 Å². The molecule has 1 rings (SSSR count). The monoisotopic (exact) mass is 292 g/mol. The van der Waals surface area contributed by atoms with Gasteiger partial charge in [-0.25, -0.2) is 4.39 Å². The summed E-state index contributed by atoms with van der Waals surface area (Å²) in [6.07, 6.45) is -3.78. The van der Waals surface area contributed by atoms with Gasteiger partial charge in [0.2, 0.25) is 5.91 Å². The summed E-state index contributed by atoms with van der Waals surface area (Å²) in [5, 5.41) is 4.99. The van der Waals surface area contributed by atoms with Crippen LogP contribution in [0.3, 0.4) is 0 Å². The predicted octanol–water partition coefficient (Wildman–Crippen LogP) is 3.17. The number of amides is 1. The highest BCUT2D eigenvalue weighted by molar-refractivity contribution is 5.92. The third kappa shape index (κ3) is 4.80. The number of anilines is 1. The van der Waals surface area contributed by atoms with Crippen LogP contribution in [0.5, 0.6) is 0 Å². The molecule has 0 saturated carbocycles. The van der Waals surface area contributed by atoms with Crippen LogP contribution in [-0.2, 0) is 11.0 Å². The van der Waals surface area contributed by atoms with Gasteiger partial charge in [-0.15, -0.1) is 0 Å². The first-order chi connectivity index (χ1) is 9.24. The zero-order chi connectivity index (χ0) is 15.3. The Kier molecular flexibility index (Phi) is 5.50. The largest absolute Gasteiger partial charge is 0.416 e. The second kappa shape index (κ2) is 6.69. The van der Waals surface area contributed by atoms with Gasteiger partial charge in [0.1, 0.15) is 5.82 Å². The molecule has 0 spiro atoms. The number of hydrogen-bond acceptors (Lipinski definition) is 2. The van der Waals surface area contributed by atoms with Gasteiger partial charge in [-0.3, -0.25) is 4.79 Å². The van der Waals surface area contributed by atoms with Gasteiger partial charge in [0.25, 0.3) is 0 Å². The van der Waals surface area contributed by atoms with E-state index in [0.29, 0.717) is 18.2 Å². The van der Waals surface area contributed by atoms with E-state index in [9.17, 15) is 22.4 Å². The standard InChI is InChI=1S/C13H16F4N2O/c1-3-8(2)18-7-12(20)19-11-6-9(13(15,16)17)4-5-10(11)14/h4-6,8,18H,3,7H2,1-2H3,(H,19,20). The molecule has 1 aromatic rings. The van der Waals surface area contributed by atoms with Crippen LogP contribution in [0.1, 0.15) is 25.8 Å². The second-order valence-corrected chi connectivity index (χ2v) is 4.43. The molecule has 1 aromatic carbocycles. The van der Waals surface area contributed by atoms with Crippen molar-refractivity contribution < 1.29 is 22.4 Å². The van der Waals surface area contributed by atoms with E-state index in [0.717, 1.165) is 6.42 Å². The van der Waals surface area contributed by atoms with E-state index in [-0.39, 0.29) is 12.6 Å². The molecule has 0 saturated heterocycles. The van der Waals surface area contributed by atoms with Gasteiger partial charge in [0.15, 0.2) is 0 Å². The molecule has 3 nitrogen and oxygen atoms in total. The highest BCUT2D eigenvalue weighted by Gasteiger charge is 2.31. The van der Waals surface area contributed by atoms with Gasteiger partial charge < -0.3 is 10.6 Å². The Balaban J connectivity index is 2.74. The highest BCUT2D eigenvalue weighted by Crippen LogP contribution is 2.31. The Morgan fingerprint density at radius 3 is 2.55 bits per heavy atom. The highest BCUT2D eigenvalue weighted by atomic mass is 19.4. The number of rotatable bonds is 5. The maximum absolute atomic E-state index is 13.4. The van der Waals surface area contributed by atoms with Crippen molar-refractivity contribution in [3.8, 4) is 0 Å². The van der Waals surface area contributed by atoms with E-state index < -0.39 is 29.2 Å². The van der Waals surface area contributed by atoms with Gasteiger partial charge in [0.05, 0.1) is 17.8 Å². The maximum atomic E-state index is 13.4. The minimum absolute atomic E-state index is 0.0899. The van der Waals surface area contributed by atoms with E-state index >= 15 is 0 Å². The van der Waals surface area contributed by atoms with Crippen molar-refractivity contribution >= 4 is 11.6 Å². The molecule has 112 valence electrons. The third-order valence-corrected chi connectivity index (χ3v) is 2.79. The van der Waals surface area contributed by atoms with Crippen LogP contribution in [0, 0.1) is 5.82 Å². The van der Waals surface area contributed by atoms with Gasteiger partial charge in [-0.1, -0.05) is 6.92 Å². The molecule has 0 heterocycles. The number of carbonyl (C=O) groups excluding carboxylic acids is 1. The molecule has 2 N–H and O–H groups in total. The summed E-state index contributed by atoms with van der Waals surface area (Å²) in [6, 6.07) is 1.98. The molecule has 0 radical (unpaired) electrons. The summed E-state index contributed by atoms with van der Waals surface area (Å²) < 4.78 is 50.8. The summed E-state index contributed by atoms with van der Waals surface area (Å²) in [7, 11) is 0. The lowest BCUT2D eigenvalue weighted by molar-refractivity contribution is -0.137. The topological polar surface area (TPSA) is 41.1 Å². The smallest absolute Gasteiger partial charge is 0.322 e. The quantitative estimate of drug-likeness (QED) is 0.818. The van der Waals surface area contributed by atoms with E-state index in [1.54, 1.807) is 0 Å². The van der Waals surface area contributed by atoms with Crippen LogP contribution in [-0.4, -0.2) is 18.5 Å². The fourth-order valence-electron chi connectivity index (χ4n) is 1.40.